The van der Waals surface area contributed by atoms with Gasteiger partial charge in [-0.15, -0.1) is 0 Å². The molecule has 0 unspecified atom stereocenters. The van der Waals surface area contributed by atoms with Crippen LogP contribution >= 0.6 is 0 Å². The number of aromatic nitrogens is 1. The molecule has 9 nitrogen and oxygen atoms in total. The number of aryl methyl sites for hydroxylation is 1. The lowest BCUT2D eigenvalue weighted by Gasteiger charge is -2.28. The van der Waals surface area contributed by atoms with Crippen LogP contribution in [0.5, 0.6) is 0 Å². The Morgan fingerprint density at radius 1 is 1.00 bits per heavy atom. The second-order valence-corrected chi connectivity index (χ2v) is 14.3. The quantitative estimate of drug-likeness (QED) is 0.511. The molecule has 198 valence electrons. The number of nitrogens with one attached hydrogen (secondary N) is 1. The van der Waals surface area contributed by atoms with Gasteiger partial charge >= 0.3 is 0 Å². The number of fused-ring (bicyclic) bond motifs is 1. The fourth-order valence-corrected chi connectivity index (χ4v) is 7.38. The molecule has 1 N–H and O–H groups in total. The number of anilines is 1. The SMILES string of the molecule is Cc1ccc2cc(-c3cc(S(=O)(=O)N(C)CC(=O)N4CCS(=O)(=O)CC4)ccc3N3CCCC3)[nH]c2c1. The summed E-state index contributed by atoms with van der Waals surface area (Å²) < 4.78 is 51.4. The van der Waals surface area contributed by atoms with E-state index < -0.39 is 25.8 Å². The van der Waals surface area contributed by atoms with Crippen molar-refractivity contribution in [3.05, 3.63) is 48.0 Å². The highest BCUT2D eigenvalue weighted by Crippen LogP contribution is 2.36. The Morgan fingerprint density at radius 3 is 2.41 bits per heavy atom. The van der Waals surface area contributed by atoms with E-state index in [4.69, 9.17) is 0 Å². The molecule has 0 spiro atoms. The van der Waals surface area contributed by atoms with Crippen molar-refractivity contribution < 1.29 is 21.6 Å². The predicted molar refractivity (Wildman–Crippen MR) is 145 cm³/mol. The minimum atomic E-state index is -3.97. The number of sulfone groups is 1. The van der Waals surface area contributed by atoms with Gasteiger partial charge in [0.1, 0.15) is 0 Å². The van der Waals surface area contributed by atoms with E-state index in [2.05, 4.69) is 16.0 Å². The average Bonchev–Trinajstić information content (AvgIpc) is 3.53. The van der Waals surface area contributed by atoms with E-state index in [0.717, 1.165) is 63.6 Å². The summed E-state index contributed by atoms with van der Waals surface area (Å²) in [6.07, 6.45) is 2.18. The third kappa shape index (κ3) is 5.25. The second kappa shape index (κ2) is 9.77. The Bertz CT molecular complexity index is 1540. The number of carbonyl (C=O) groups excluding carboxylic acids is 1. The van der Waals surface area contributed by atoms with Crippen LogP contribution in [-0.2, 0) is 24.7 Å². The Hall–Kier alpha value is -2.89. The third-order valence-electron chi connectivity index (χ3n) is 7.25. The summed E-state index contributed by atoms with van der Waals surface area (Å²) in [6, 6.07) is 13.4. The molecular weight excluding hydrogens is 512 g/mol. The molecule has 37 heavy (non-hydrogen) atoms. The lowest BCUT2D eigenvalue weighted by molar-refractivity contribution is -0.130. The summed E-state index contributed by atoms with van der Waals surface area (Å²) in [5.41, 5.74) is 4.75. The fourth-order valence-electron chi connectivity index (χ4n) is 5.03. The Morgan fingerprint density at radius 2 is 1.70 bits per heavy atom. The first-order valence-electron chi connectivity index (χ1n) is 12.5. The van der Waals surface area contributed by atoms with Crippen LogP contribution in [0.15, 0.2) is 47.4 Å². The van der Waals surface area contributed by atoms with Crippen molar-refractivity contribution >= 4 is 42.4 Å². The number of sulfonamides is 1. The number of nitrogens with zero attached hydrogens (tertiary/aromatic N) is 3. The molecule has 0 saturated carbocycles. The highest BCUT2D eigenvalue weighted by Gasteiger charge is 2.30. The molecule has 3 heterocycles. The maximum absolute atomic E-state index is 13.5. The van der Waals surface area contributed by atoms with Crippen LogP contribution < -0.4 is 4.90 Å². The Kier molecular flexibility index (Phi) is 6.80. The van der Waals surface area contributed by atoms with Gasteiger partial charge in [0.25, 0.3) is 0 Å². The van der Waals surface area contributed by atoms with Gasteiger partial charge in [-0.05, 0) is 55.7 Å². The lowest BCUT2D eigenvalue weighted by Crippen LogP contribution is -2.47. The number of amides is 1. The topological polar surface area (TPSA) is 111 Å². The van der Waals surface area contributed by atoms with Crippen LogP contribution in [-0.4, -0.2) is 88.2 Å². The number of benzene rings is 2. The minimum Gasteiger partial charge on any atom is -0.371 e. The molecule has 2 saturated heterocycles. The van der Waals surface area contributed by atoms with E-state index in [0.29, 0.717) is 0 Å². The molecule has 2 aliphatic rings. The number of carbonyl (C=O) groups is 1. The van der Waals surface area contributed by atoms with Gasteiger partial charge in [0.15, 0.2) is 9.84 Å². The van der Waals surface area contributed by atoms with Gasteiger partial charge in [-0.2, -0.15) is 4.31 Å². The molecule has 0 bridgehead atoms. The molecule has 0 aliphatic carbocycles. The molecule has 2 aliphatic heterocycles. The highest BCUT2D eigenvalue weighted by molar-refractivity contribution is 7.91. The molecule has 2 fully saturated rings. The summed E-state index contributed by atoms with van der Waals surface area (Å²) in [4.78, 5) is 20.0. The summed E-state index contributed by atoms with van der Waals surface area (Å²) in [5.74, 6) is -0.595. The molecule has 3 aromatic rings. The van der Waals surface area contributed by atoms with Gasteiger partial charge in [-0.1, -0.05) is 12.1 Å². The summed E-state index contributed by atoms with van der Waals surface area (Å²) >= 11 is 0. The third-order valence-corrected chi connectivity index (χ3v) is 10.7. The van der Waals surface area contributed by atoms with Crippen LogP contribution in [0.25, 0.3) is 22.2 Å². The zero-order valence-electron chi connectivity index (χ0n) is 21.1. The number of aromatic amines is 1. The number of likely N-dealkylation sites (N-methyl/N-ethyl adjacent to an activating group) is 1. The monoisotopic (exact) mass is 544 g/mol. The molecular formula is C26H32N4O5S2. The number of hydrogen-bond donors (Lipinski definition) is 1. The van der Waals surface area contributed by atoms with Crippen molar-refractivity contribution in [3.8, 4) is 11.3 Å². The second-order valence-electron chi connectivity index (χ2n) is 9.94. The smallest absolute Gasteiger partial charge is 0.243 e. The van der Waals surface area contributed by atoms with Crippen molar-refractivity contribution in [1.29, 1.82) is 0 Å². The molecule has 1 aromatic heterocycles. The van der Waals surface area contributed by atoms with Crippen LogP contribution in [0.4, 0.5) is 5.69 Å². The molecule has 5 rings (SSSR count). The first-order chi connectivity index (χ1) is 17.5. The van der Waals surface area contributed by atoms with E-state index in [9.17, 15) is 21.6 Å². The maximum atomic E-state index is 13.5. The summed E-state index contributed by atoms with van der Waals surface area (Å²) in [5, 5.41) is 1.05. The van der Waals surface area contributed by atoms with Crippen molar-refractivity contribution in [2.24, 2.45) is 0 Å². The molecule has 1 amide bonds. The zero-order chi connectivity index (χ0) is 26.4. The van der Waals surface area contributed by atoms with Crippen LogP contribution in [0, 0.1) is 6.92 Å². The van der Waals surface area contributed by atoms with E-state index >= 15 is 0 Å². The van der Waals surface area contributed by atoms with Gasteiger partial charge in [-0.25, -0.2) is 16.8 Å². The fraction of sp³-hybridized carbons (Fsp3) is 0.423. The summed E-state index contributed by atoms with van der Waals surface area (Å²) in [7, 11) is -5.72. The lowest BCUT2D eigenvalue weighted by atomic mass is 10.1. The van der Waals surface area contributed by atoms with E-state index in [1.165, 1.54) is 11.9 Å². The van der Waals surface area contributed by atoms with E-state index in [1.54, 1.807) is 12.1 Å². The van der Waals surface area contributed by atoms with Gasteiger partial charge in [0.2, 0.25) is 15.9 Å². The van der Waals surface area contributed by atoms with Crippen molar-refractivity contribution in [3.63, 3.8) is 0 Å². The van der Waals surface area contributed by atoms with Crippen molar-refractivity contribution in [2.45, 2.75) is 24.7 Å². The number of rotatable bonds is 6. The molecule has 2 aromatic carbocycles. The summed E-state index contributed by atoms with van der Waals surface area (Å²) in [6.45, 7) is 3.68. The normalized spacial score (nSPS) is 18.1. The predicted octanol–water partition coefficient (Wildman–Crippen LogP) is 2.62. The molecule has 0 radical (unpaired) electrons. The van der Waals surface area contributed by atoms with Crippen molar-refractivity contribution in [1.82, 2.24) is 14.2 Å². The zero-order valence-corrected chi connectivity index (χ0v) is 22.7. The van der Waals surface area contributed by atoms with Gasteiger partial charge in [0.05, 0.1) is 22.9 Å². The first kappa shape index (κ1) is 25.7. The van der Waals surface area contributed by atoms with Crippen LogP contribution in [0.3, 0.4) is 0 Å². The number of hydrogen-bond acceptors (Lipinski definition) is 6. The Balaban J connectivity index is 1.46. The van der Waals surface area contributed by atoms with Gasteiger partial charge < -0.3 is 14.8 Å². The molecule has 11 heteroatoms. The maximum Gasteiger partial charge on any atom is 0.243 e. The highest BCUT2D eigenvalue weighted by atomic mass is 32.2. The Labute approximate surface area is 218 Å². The average molecular weight is 545 g/mol. The van der Waals surface area contributed by atoms with Gasteiger partial charge in [-0.3, -0.25) is 4.79 Å². The van der Waals surface area contributed by atoms with Gasteiger partial charge in [0, 0.05) is 61.1 Å². The standard InChI is InChI=1S/C26H32N4O5S2/c1-19-5-6-20-16-24(27-23(20)15-19)22-17-21(7-8-25(22)29-9-3-4-10-29)37(34,35)28(2)18-26(31)30-11-13-36(32,33)14-12-30/h5-8,15-17,27H,3-4,9-14,18H2,1-2H3. The first-order valence-corrected chi connectivity index (χ1v) is 15.7. The minimum absolute atomic E-state index is 0.0869. The van der Waals surface area contributed by atoms with Crippen molar-refractivity contribution in [2.75, 3.05) is 56.2 Å². The molecule has 0 atom stereocenters. The largest absolute Gasteiger partial charge is 0.371 e. The van der Waals surface area contributed by atoms with E-state index in [1.807, 2.05) is 31.2 Å². The number of H-pyrrole nitrogens is 1. The van der Waals surface area contributed by atoms with Crippen LogP contribution in [0.1, 0.15) is 18.4 Å². The van der Waals surface area contributed by atoms with E-state index in [-0.39, 0.29) is 36.0 Å². The van der Waals surface area contributed by atoms with Crippen LogP contribution in [0.2, 0.25) is 0 Å².